The van der Waals surface area contributed by atoms with Crippen molar-refractivity contribution >= 4 is 28.2 Å². The molecule has 3 rings (SSSR count). The van der Waals surface area contributed by atoms with Crippen molar-refractivity contribution in [3.8, 4) is 0 Å². The standard InChI is InChI=1S/C21H30N4O2S/c1-4-22-21(28)25(6-5-24-7-9-27-10-8-24)14-17-13-18-16(3)11-15(2)12-19(18)23-20(17)26/h11-13H,4-10,14H2,1-3H3,(H,22,28)(H,23,26). The molecule has 0 atom stereocenters. The quantitative estimate of drug-likeness (QED) is 0.723. The molecule has 0 radical (unpaired) electrons. The molecule has 1 fully saturated rings. The number of aromatic amines is 1. The van der Waals surface area contributed by atoms with Gasteiger partial charge in [0.2, 0.25) is 0 Å². The Labute approximate surface area is 171 Å². The van der Waals surface area contributed by atoms with Crippen LogP contribution in [0, 0.1) is 13.8 Å². The molecule has 0 bridgehead atoms. The van der Waals surface area contributed by atoms with E-state index in [-0.39, 0.29) is 5.56 Å². The van der Waals surface area contributed by atoms with Crippen LogP contribution in [0.25, 0.3) is 10.9 Å². The Kier molecular flexibility index (Phi) is 7.04. The van der Waals surface area contributed by atoms with Crippen molar-refractivity contribution in [3.63, 3.8) is 0 Å². The molecule has 0 aliphatic carbocycles. The number of morpholine rings is 1. The first-order valence-corrected chi connectivity index (χ1v) is 10.3. The van der Waals surface area contributed by atoms with Gasteiger partial charge in [0.05, 0.1) is 19.8 Å². The zero-order valence-electron chi connectivity index (χ0n) is 17.0. The highest BCUT2D eigenvalue weighted by Crippen LogP contribution is 2.19. The number of hydrogen-bond acceptors (Lipinski definition) is 4. The van der Waals surface area contributed by atoms with E-state index in [2.05, 4.69) is 33.1 Å². The van der Waals surface area contributed by atoms with Gasteiger partial charge in [0, 0.05) is 49.2 Å². The minimum atomic E-state index is -0.0480. The molecule has 0 saturated carbocycles. The number of H-pyrrole nitrogens is 1. The van der Waals surface area contributed by atoms with Gasteiger partial charge in [0.25, 0.3) is 5.56 Å². The number of aryl methyl sites for hydroxylation is 2. The van der Waals surface area contributed by atoms with E-state index >= 15 is 0 Å². The maximum Gasteiger partial charge on any atom is 0.253 e. The Morgan fingerprint density at radius 1 is 1.29 bits per heavy atom. The molecule has 0 unspecified atom stereocenters. The zero-order valence-corrected chi connectivity index (χ0v) is 17.8. The molecule has 152 valence electrons. The van der Waals surface area contributed by atoms with Gasteiger partial charge in [0.1, 0.15) is 0 Å². The predicted molar refractivity (Wildman–Crippen MR) is 118 cm³/mol. The Bertz CT molecular complexity index is 890. The summed E-state index contributed by atoms with van der Waals surface area (Å²) in [7, 11) is 0. The summed E-state index contributed by atoms with van der Waals surface area (Å²) in [5.41, 5.74) is 3.89. The summed E-state index contributed by atoms with van der Waals surface area (Å²) in [6.07, 6.45) is 0. The van der Waals surface area contributed by atoms with Crippen LogP contribution in [0.2, 0.25) is 0 Å². The van der Waals surface area contributed by atoms with Gasteiger partial charge in [-0.1, -0.05) is 6.07 Å². The van der Waals surface area contributed by atoms with Crippen molar-refractivity contribution in [1.82, 2.24) is 20.1 Å². The number of benzene rings is 1. The van der Waals surface area contributed by atoms with Gasteiger partial charge in [-0.05, 0) is 56.2 Å². The molecule has 1 aliphatic rings. The molecular formula is C21H30N4O2S. The largest absolute Gasteiger partial charge is 0.379 e. The first-order chi connectivity index (χ1) is 13.5. The molecule has 7 heteroatoms. The second-order valence-electron chi connectivity index (χ2n) is 7.38. The Morgan fingerprint density at radius 2 is 2.04 bits per heavy atom. The van der Waals surface area contributed by atoms with Gasteiger partial charge in [-0.25, -0.2) is 0 Å². The van der Waals surface area contributed by atoms with Crippen LogP contribution in [0.1, 0.15) is 23.6 Å². The molecule has 1 aromatic heterocycles. The van der Waals surface area contributed by atoms with E-state index in [9.17, 15) is 4.79 Å². The third kappa shape index (κ3) is 5.10. The topological polar surface area (TPSA) is 60.6 Å². The third-order valence-corrected chi connectivity index (χ3v) is 5.56. The Balaban J connectivity index is 1.81. The van der Waals surface area contributed by atoms with Crippen LogP contribution in [0.4, 0.5) is 0 Å². The first kappa shape index (κ1) is 20.8. The fraction of sp³-hybridized carbons (Fsp3) is 0.524. The summed E-state index contributed by atoms with van der Waals surface area (Å²) in [6.45, 7) is 12.5. The van der Waals surface area contributed by atoms with Gasteiger partial charge in [0.15, 0.2) is 5.11 Å². The normalized spacial score (nSPS) is 15.0. The van der Waals surface area contributed by atoms with Crippen molar-refractivity contribution in [3.05, 3.63) is 45.2 Å². The van der Waals surface area contributed by atoms with E-state index < -0.39 is 0 Å². The van der Waals surface area contributed by atoms with Crippen LogP contribution in [0.5, 0.6) is 0 Å². The van der Waals surface area contributed by atoms with Crippen LogP contribution < -0.4 is 10.9 Å². The number of nitrogens with one attached hydrogen (secondary N) is 2. The van der Waals surface area contributed by atoms with E-state index in [0.29, 0.717) is 11.7 Å². The second-order valence-corrected chi connectivity index (χ2v) is 7.76. The minimum absolute atomic E-state index is 0.0480. The number of thiocarbonyl (C=S) groups is 1. The lowest BCUT2D eigenvalue weighted by Crippen LogP contribution is -2.46. The van der Waals surface area contributed by atoms with Crippen LogP contribution in [0.15, 0.2) is 23.0 Å². The van der Waals surface area contributed by atoms with E-state index in [1.54, 1.807) is 0 Å². The van der Waals surface area contributed by atoms with Gasteiger partial charge in [-0.2, -0.15) is 0 Å². The summed E-state index contributed by atoms with van der Waals surface area (Å²) in [6, 6.07) is 6.18. The number of ether oxygens (including phenoxy) is 1. The van der Waals surface area contributed by atoms with Crippen molar-refractivity contribution in [2.75, 3.05) is 45.9 Å². The summed E-state index contributed by atoms with van der Waals surface area (Å²) < 4.78 is 5.43. The first-order valence-electron chi connectivity index (χ1n) is 9.94. The molecule has 2 N–H and O–H groups in total. The fourth-order valence-corrected chi connectivity index (χ4v) is 3.94. The minimum Gasteiger partial charge on any atom is -0.379 e. The number of aromatic nitrogens is 1. The van der Waals surface area contributed by atoms with E-state index in [0.717, 1.165) is 68.0 Å². The number of hydrogen-bond donors (Lipinski definition) is 2. The van der Waals surface area contributed by atoms with Crippen LogP contribution >= 0.6 is 12.2 Å². The highest BCUT2D eigenvalue weighted by atomic mass is 32.1. The Morgan fingerprint density at radius 3 is 2.75 bits per heavy atom. The maximum atomic E-state index is 12.7. The van der Waals surface area contributed by atoms with Crippen molar-refractivity contribution in [2.45, 2.75) is 27.3 Å². The molecule has 1 aromatic carbocycles. The number of pyridine rings is 1. The summed E-state index contributed by atoms with van der Waals surface area (Å²) >= 11 is 5.58. The van der Waals surface area contributed by atoms with Crippen LogP contribution in [-0.4, -0.2) is 65.8 Å². The molecule has 0 spiro atoms. The summed E-state index contributed by atoms with van der Waals surface area (Å²) in [4.78, 5) is 20.2. The van der Waals surface area contributed by atoms with E-state index in [1.807, 2.05) is 26.0 Å². The molecule has 2 heterocycles. The molecule has 2 aromatic rings. The second kappa shape index (κ2) is 9.49. The van der Waals surface area contributed by atoms with Crippen LogP contribution in [0.3, 0.4) is 0 Å². The maximum absolute atomic E-state index is 12.7. The van der Waals surface area contributed by atoms with Crippen molar-refractivity contribution in [1.29, 1.82) is 0 Å². The number of nitrogens with zero attached hydrogens (tertiary/aromatic N) is 2. The molecule has 0 amide bonds. The van der Waals surface area contributed by atoms with Crippen LogP contribution in [-0.2, 0) is 11.3 Å². The zero-order chi connectivity index (χ0) is 20.1. The molecular weight excluding hydrogens is 372 g/mol. The third-order valence-electron chi connectivity index (χ3n) is 5.16. The highest BCUT2D eigenvalue weighted by molar-refractivity contribution is 7.80. The SMILES string of the molecule is CCNC(=S)N(CCN1CCOCC1)Cc1cc2c(C)cc(C)cc2[nH]c1=O. The monoisotopic (exact) mass is 402 g/mol. The fourth-order valence-electron chi connectivity index (χ4n) is 3.64. The lowest BCUT2D eigenvalue weighted by Gasteiger charge is -2.31. The molecule has 1 saturated heterocycles. The average molecular weight is 403 g/mol. The van der Waals surface area contributed by atoms with E-state index in [1.165, 1.54) is 5.56 Å². The number of rotatable bonds is 6. The molecule has 1 aliphatic heterocycles. The number of fused-ring (bicyclic) bond motifs is 1. The molecule has 6 nitrogen and oxygen atoms in total. The van der Waals surface area contributed by atoms with Gasteiger partial charge < -0.3 is 19.9 Å². The van der Waals surface area contributed by atoms with Crippen molar-refractivity contribution in [2.24, 2.45) is 0 Å². The van der Waals surface area contributed by atoms with Gasteiger partial charge in [-0.3, -0.25) is 9.69 Å². The van der Waals surface area contributed by atoms with E-state index in [4.69, 9.17) is 17.0 Å². The lowest BCUT2D eigenvalue weighted by molar-refractivity contribution is 0.0357. The molecule has 28 heavy (non-hydrogen) atoms. The lowest BCUT2D eigenvalue weighted by atomic mass is 10.0. The Hall–Kier alpha value is -1.96. The average Bonchev–Trinajstić information content (AvgIpc) is 2.66. The summed E-state index contributed by atoms with van der Waals surface area (Å²) in [5, 5.41) is 5.01. The highest BCUT2D eigenvalue weighted by Gasteiger charge is 2.16. The van der Waals surface area contributed by atoms with Gasteiger partial charge in [-0.15, -0.1) is 0 Å². The summed E-state index contributed by atoms with van der Waals surface area (Å²) in [5.74, 6) is 0. The smallest absolute Gasteiger partial charge is 0.253 e. The van der Waals surface area contributed by atoms with Gasteiger partial charge >= 0.3 is 0 Å². The van der Waals surface area contributed by atoms with Crippen molar-refractivity contribution < 1.29 is 4.74 Å². The predicted octanol–water partition coefficient (Wildman–Crippen LogP) is 2.17.